The minimum Gasteiger partial charge on any atom is -0.491 e. The average Bonchev–Trinajstić information content (AvgIpc) is 2.55. The molecule has 2 aromatic carbocycles. The van der Waals surface area contributed by atoms with Gasteiger partial charge in [0.05, 0.1) is 11.6 Å². The van der Waals surface area contributed by atoms with Gasteiger partial charge in [-0.2, -0.15) is 0 Å². The van der Waals surface area contributed by atoms with Gasteiger partial charge in [0.25, 0.3) is 0 Å². The molecule has 0 radical (unpaired) electrons. The van der Waals surface area contributed by atoms with Crippen molar-refractivity contribution in [3.63, 3.8) is 0 Å². The van der Waals surface area contributed by atoms with Gasteiger partial charge in [-0.05, 0) is 36.4 Å². The maximum absolute atomic E-state index is 6.02. The number of benzene rings is 2. The molecule has 0 amide bonds. The first kappa shape index (κ1) is 16.5. The van der Waals surface area contributed by atoms with E-state index in [2.05, 4.69) is 5.32 Å². The van der Waals surface area contributed by atoms with E-state index in [-0.39, 0.29) is 0 Å². The van der Waals surface area contributed by atoms with Gasteiger partial charge >= 0.3 is 0 Å². The van der Waals surface area contributed by atoms with Gasteiger partial charge in [-0.3, -0.25) is 0 Å². The number of hydrogen-bond donors (Lipinski definition) is 1. The minimum atomic E-state index is 0.538. The number of ether oxygens (including phenoxy) is 3. The number of para-hydroxylation sites is 1. The Hall–Kier alpha value is -1.91. The third-order valence-electron chi connectivity index (χ3n) is 2.94. The van der Waals surface area contributed by atoms with Crippen LogP contribution >= 0.6 is 11.6 Å². The highest BCUT2D eigenvalue weighted by Gasteiger charge is 1.99. The van der Waals surface area contributed by atoms with Gasteiger partial charge in [-0.1, -0.05) is 23.7 Å². The summed E-state index contributed by atoms with van der Waals surface area (Å²) in [5, 5.41) is 3.91. The molecule has 118 valence electrons. The van der Waals surface area contributed by atoms with Crippen molar-refractivity contribution < 1.29 is 14.2 Å². The zero-order valence-corrected chi connectivity index (χ0v) is 13.3. The Labute approximate surface area is 136 Å². The van der Waals surface area contributed by atoms with Gasteiger partial charge in [-0.25, -0.2) is 0 Å². The molecule has 4 nitrogen and oxygen atoms in total. The summed E-state index contributed by atoms with van der Waals surface area (Å²) < 4.78 is 16.1. The highest BCUT2D eigenvalue weighted by molar-refractivity contribution is 6.32. The number of rotatable bonds is 9. The van der Waals surface area contributed by atoms with Gasteiger partial charge in [0, 0.05) is 19.3 Å². The second-order valence-electron chi connectivity index (χ2n) is 4.57. The third kappa shape index (κ3) is 5.47. The van der Waals surface area contributed by atoms with E-state index >= 15 is 0 Å². The first-order valence-electron chi connectivity index (χ1n) is 7.12. The summed E-state index contributed by atoms with van der Waals surface area (Å²) in [5.41, 5.74) is 1.02. The second-order valence-corrected chi connectivity index (χ2v) is 4.98. The van der Waals surface area contributed by atoms with Crippen LogP contribution in [0.15, 0.2) is 48.5 Å². The summed E-state index contributed by atoms with van der Waals surface area (Å²) in [5.74, 6) is 1.53. The summed E-state index contributed by atoms with van der Waals surface area (Å²) in [4.78, 5) is 0. The fraction of sp³-hybridized carbons (Fsp3) is 0.294. The molecule has 0 atom stereocenters. The van der Waals surface area contributed by atoms with E-state index in [4.69, 9.17) is 25.8 Å². The molecule has 0 aliphatic heterocycles. The Morgan fingerprint density at radius 1 is 0.909 bits per heavy atom. The van der Waals surface area contributed by atoms with Gasteiger partial charge in [0.2, 0.25) is 0 Å². The van der Waals surface area contributed by atoms with E-state index in [0.717, 1.165) is 11.4 Å². The van der Waals surface area contributed by atoms with Crippen molar-refractivity contribution in [3.8, 4) is 11.5 Å². The highest BCUT2D eigenvalue weighted by atomic mass is 35.5. The Kier molecular flexibility index (Phi) is 6.87. The van der Waals surface area contributed by atoms with E-state index in [9.17, 15) is 0 Å². The number of halogens is 1. The zero-order valence-electron chi connectivity index (χ0n) is 12.5. The molecule has 0 saturated heterocycles. The van der Waals surface area contributed by atoms with Crippen LogP contribution in [0.4, 0.5) is 5.69 Å². The van der Waals surface area contributed by atoms with E-state index in [1.165, 1.54) is 0 Å². The lowest BCUT2D eigenvalue weighted by atomic mass is 10.3. The van der Waals surface area contributed by atoms with Crippen LogP contribution in [0.3, 0.4) is 0 Å². The minimum absolute atomic E-state index is 0.538. The average molecular weight is 322 g/mol. The molecular formula is C17H20ClNO3. The van der Waals surface area contributed by atoms with Crippen LogP contribution in [0.5, 0.6) is 11.5 Å². The molecule has 2 aromatic rings. The van der Waals surface area contributed by atoms with Crippen molar-refractivity contribution in [2.75, 3.05) is 38.8 Å². The number of anilines is 1. The summed E-state index contributed by atoms with van der Waals surface area (Å²) in [6.07, 6.45) is 0. The fourth-order valence-corrected chi connectivity index (χ4v) is 2.02. The third-order valence-corrected chi connectivity index (χ3v) is 3.25. The molecule has 0 aliphatic rings. The van der Waals surface area contributed by atoms with E-state index in [1.807, 2.05) is 48.5 Å². The lowest BCUT2D eigenvalue weighted by molar-refractivity contribution is 0.146. The quantitative estimate of drug-likeness (QED) is 0.712. The topological polar surface area (TPSA) is 39.7 Å². The van der Waals surface area contributed by atoms with Gasteiger partial charge in [0.1, 0.15) is 24.7 Å². The van der Waals surface area contributed by atoms with Crippen LogP contribution in [0.25, 0.3) is 0 Å². The maximum Gasteiger partial charge on any atom is 0.137 e. The highest BCUT2D eigenvalue weighted by Crippen LogP contribution is 2.23. The summed E-state index contributed by atoms with van der Waals surface area (Å²) in [7, 11) is 1.65. The van der Waals surface area contributed by atoms with E-state index in [1.54, 1.807) is 7.11 Å². The van der Waals surface area contributed by atoms with Gasteiger partial charge < -0.3 is 19.5 Å². The van der Waals surface area contributed by atoms with Crippen LogP contribution in [0, 0.1) is 0 Å². The number of nitrogens with one attached hydrogen (secondary N) is 1. The van der Waals surface area contributed by atoms with Crippen LogP contribution < -0.4 is 14.8 Å². The summed E-state index contributed by atoms with van der Waals surface area (Å²) in [6, 6.07) is 15.2. The van der Waals surface area contributed by atoms with Crippen molar-refractivity contribution in [2.45, 2.75) is 0 Å². The molecule has 22 heavy (non-hydrogen) atoms. The maximum atomic E-state index is 6.02. The predicted molar refractivity (Wildman–Crippen MR) is 89.2 cm³/mol. The smallest absolute Gasteiger partial charge is 0.137 e. The first-order chi connectivity index (χ1) is 10.8. The normalized spacial score (nSPS) is 10.3. The van der Waals surface area contributed by atoms with Crippen molar-refractivity contribution in [3.05, 3.63) is 53.6 Å². The van der Waals surface area contributed by atoms with Crippen LogP contribution in [-0.2, 0) is 4.74 Å². The molecule has 0 spiro atoms. The first-order valence-corrected chi connectivity index (χ1v) is 7.50. The molecule has 0 fully saturated rings. The molecule has 0 unspecified atom stereocenters. The van der Waals surface area contributed by atoms with Gasteiger partial charge in [0.15, 0.2) is 0 Å². The molecule has 0 aliphatic carbocycles. The molecule has 1 N–H and O–H groups in total. The Morgan fingerprint density at radius 2 is 1.68 bits per heavy atom. The van der Waals surface area contributed by atoms with Crippen molar-refractivity contribution >= 4 is 17.3 Å². The molecule has 0 bridgehead atoms. The Morgan fingerprint density at radius 3 is 2.41 bits per heavy atom. The largest absolute Gasteiger partial charge is 0.491 e. The number of methoxy groups -OCH3 is 1. The monoisotopic (exact) mass is 321 g/mol. The van der Waals surface area contributed by atoms with Gasteiger partial charge in [-0.15, -0.1) is 0 Å². The van der Waals surface area contributed by atoms with E-state index in [0.29, 0.717) is 37.1 Å². The molecule has 0 heterocycles. The Balaban J connectivity index is 1.70. The zero-order chi connectivity index (χ0) is 15.6. The molecule has 0 saturated carbocycles. The SMILES string of the molecule is COCCOc1ccc(NCCOc2ccccc2Cl)cc1. The summed E-state index contributed by atoms with van der Waals surface area (Å²) in [6.45, 7) is 2.36. The van der Waals surface area contributed by atoms with Crippen molar-refractivity contribution in [2.24, 2.45) is 0 Å². The lowest BCUT2D eigenvalue weighted by Crippen LogP contribution is -2.11. The second kappa shape index (κ2) is 9.18. The van der Waals surface area contributed by atoms with Crippen molar-refractivity contribution in [1.29, 1.82) is 0 Å². The van der Waals surface area contributed by atoms with Crippen LogP contribution in [-0.4, -0.2) is 33.5 Å². The lowest BCUT2D eigenvalue weighted by Gasteiger charge is -2.10. The summed E-state index contributed by atoms with van der Waals surface area (Å²) >= 11 is 6.02. The standard InChI is InChI=1S/C17H20ClNO3/c1-20-12-13-21-15-8-6-14(7-9-15)19-10-11-22-17-5-3-2-4-16(17)18/h2-9,19H,10-13H2,1H3. The van der Waals surface area contributed by atoms with E-state index < -0.39 is 0 Å². The Bertz CT molecular complexity index is 560. The fourth-order valence-electron chi connectivity index (χ4n) is 1.83. The molecular weight excluding hydrogens is 302 g/mol. The predicted octanol–water partition coefficient (Wildman–Crippen LogP) is 3.86. The number of hydrogen-bond acceptors (Lipinski definition) is 4. The van der Waals surface area contributed by atoms with Crippen molar-refractivity contribution in [1.82, 2.24) is 0 Å². The molecule has 2 rings (SSSR count). The van der Waals surface area contributed by atoms with Crippen LogP contribution in [0.1, 0.15) is 0 Å². The van der Waals surface area contributed by atoms with Crippen LogP contribution in [0.2, 0.25) is 5.02 Å². The molecule has 5 heteroatoms. The molecule has 0 aromatic heterocycles.